The first kappa shape index (κ1) is 21.3. The molecule has 1 aliphatic rings. The molecule has 0 saturated heterocycles. The third-order valence-electron chi connectivity index (χ3n) is 5.50. The number of carbonyl (C=O) groups excluding carboxylic acids is 1. The number of imidazole rings is 1. The van der Waals surface area contributed by atoms with E-state index in [1.165, 1.54) is 0 Å². The number of H-pyrrole nitrogens is 1. The fourth-order valence-electron chi connectivity index (χ4n) is 3.77. The summed E-state index contributed by atoms with van der Waals surface area (Å²) in [4.78, 5) is 27.3. The van der Waals surface area contributed by atoms with Gasteiger partial charge in [0.05, 0.1) is 23.2 Å². The molecule has 0 radical (unpaired) electrons. The molecule has 4 rings (SSSR count). The molecule has 1 amide bonds. The smallest absolute Gasteiger partial charge is 0.227 e. The lowest BCUT2D eigenvalue weighted by molar-refractivity contribution is -0.130. The van der Waals surface area contributed by atoms with Crippen LogP contribution < -0.4 is 5.73 Å². The zero-order valence-electron chi connectivity index (χ0n) is 18.2. The average Bonchev–Trinajstić information content (AvgIpc) is 3.24. The molecule has 0 unspecified atom stereocenters. The van der Waals surface area contributed by atoms with Crippen LogP contribution in [0.25, 0.3) is 16.7 Å². The van der Waals surface area contributed by atoms with Crippen LogP contribution in [0.1, 0.15) is 24.7 Å². The maximum atomic E-state index is 12.7. The van der Waals surface area contributed by atoms with Gasteiger partial charge in [-0.1, -0.05) is 55.1 Å². The molecule has 32 heavy (non-hydrogen) atoms. The van der Waals surface area contributed by atoms with E-state index < -0.39 is 0 Å². The molecule has 0 fully saturated rings. The molecular weight excluding hydrogens is 398 g/mol. The third-order valence-corrected chi connectivity index (χ3v) is 5.50. The fraction of sp³-hybridized carbons (Fsp3) is 0.192. The molecule has 1 aromatic heterocycles. The average molecular weight is 426 g/mol. The van der Waals surface area contributed by atoms with Gasteiger partial charge in [-0.25, -0.2) is 9.98 Å². The normalized spacial score (nSPS) is 15.3. The minimum atomic E-state index is 0.129. The van der Waals surface area contributed by atoms with Crippen molar-refractivity contribution in [3.05, 3.63) is 96.0 Å². The van der Waals surface area contributed by atoms with Gasteiger partial charge in [0.1, 0.15) is 5.70 Å². The van der Waals surface area contributed by atoms with Gasteiger partial charge in [-0.3, -0.25) is 4.79 Å². The van der Waals surface area contributed by atoms with Crippen molar-refractivity contribution in [3.63, 3.8) is 0 Å². The maximum Gasteiger partial charge on any atom is 0.227 e. The minimum Gasteiger partial charge on any atom is -0.400 e. The Morgan fingerprint density at radius 2 is 1.97 bits per heavy atom. The van der Waals surface area contributed by atoms with Gasteiger partial charge in [0.15, 0.2) is 5.82 Å². The van der Waals surface area contributed by atoms with Crippen molar-refractivity contribution in [1.82, 2.24) is 14.9 Å². The van der Waals surface area contributed by atoms with Crippen molar-refractivity contribution in [1.29, 1.82) is 0 Å². The van der Waals surface area contributed by atoms with E-state index in [0.29, 0.717) is 43.1 Å². The molecule has 3 aromatic rings. The molecule has 1 aliphatic heterocycles. The van der Waals surface area contributed by atoms with Crippen LogP contribution in [-0.2, 0) is 11.2 Å². The Kier molecular flexibility index (Phi) is 6.31. The largest absolute Gasteiger partial charge is 0.400 e. The second-order valence-electron chi connectivity index (χ2n) is 7.82. The molecular formula is C26H27N5O. The molecule has 2 heterocycles. The van der Waals surface area contributed by atoms with Gasteiger partial charge in [0.25, 0.3) is 0 Å². The Labute approximate surface area is 187 Å². The minimum absolute atomic E-state index is 0.129. The molecule has 0 saturated carbocycles. The number of carbonyl (C=O) groups is 1. The lowest BCUT2D eigenvalue weighted by atomic mass is 10.0. The van der Waals surface area contributed by atoms with Crippen LogP contribution in [-0.4, -0.2) is 39.6 Å². The monoisotopic (exact) mass is 425 g/mol. The zero-order valence-corrected chi connectivity index (χ0v) is 18.2. The van der Waals surface area contributed by atoms with Gasteiger partial charge in [-0.05, 0) is 42.7 Å². The molecule has 0 aliphatic carbocycles. The predicted octanol–water partition coefficient (Wildman–Crippen LogP) is 4.24. The number of aromatic amines is 1. The Morgan fingerprint density at radius 3 is 2.62 bits per heavy atom. The van der Waals surface area contributed by atoms with Crippen LogP contribution in [0.5, 0.6) is 0 Å². The SMILES string of the molecule is C=CC(=N/C(=C(\C)N)c1nc2ccccc2[nH]1)C1=CCN(C(=O)Cc2ccccc2)CC1. The Morgan fingerprint density at radius 1 is 1.22 bits per heavy atom. The quantitative estimate of drug-likeness (QED) is 0.579. The topological polar surface area (TPSA) is 87.4 Å². The highest BCUT2D eigenvalue weighted by Crippen LogP contribution is 2.22. The van der Waals surface area contributed by atoms with Crippen LogP contribution in [0.4, 0.5) is 0 Å². The van der Waals surface area contributed by atoms with Gasteiger partial charge in [-0.2, -0.15) is 0 Å². The van der Waals surface area contributed by atoms with E-state index in [-0.39, 0.29) is 5.91 Å². The number of allylic oxidation sites excluding steroid dienone is 2. The van der Waals surface area contributed by atoms with E-state index in [2.05, 4.69) is 22.6 Å². The van der Waals surface area contributed by atoms with Crippen LogP contribution in [0, 0.1) is 0 Å². The number of nitrogens with zero attached hydrogens (tertiary/aromatic N) is 3. The third kappa shape index (κ3) is 4.70. The Hall–Kier alpha value is -3.93. The summed E-state index contributed by atoms with van der Waals surface area (Å²) in [6.45, 7) is 6.96. The van der Waals surface area contributed by atoms with E-state index in [0.717, 1.165) is 27.9 Å². The number of para-hydroxylation sites is 2. The van der Waals surface area contributed by atoms with Crippen LogP contribution in [0.3, 0.4) is 0 Å². The van der Waals surface area contributed by atoms with Crippen molar-refractivity contribution in [2.75, 3.05) is 13.1 Å². The number of benzene rings is 2. The van der Waals surface area contributed by atoms with Gasteiger partial charge in [0.2, 0.25) is 5.91 Å². The lowest BCUT2D eigenvalue weighted by Gasteiger charge is -2.27. The molecule has 0 bridgehead atoms. The van der Waals surface area contributed by atoms with Crippen molar-refractivity contribution in [2.45, 2.75) is 19.8 Å². The van der Waals surface area contributed by atoms with Crippen LogP contribution in [0.15, 0.2) is 89.6 Å². The number of rotatable bonds is 6. The van der Waals surface area contributed by atoms with Gasteiger partial charge in [0, 0.05) is 18.8 Å². The number of nitrogens with one attached hydrogen (secondary N) is 1. The van der Waals surface area contributed by atoms with E-state index >= 15 is 0 Å². The molecule has 0 spiro atoms. The lowest BCUT2D eigenvalue weighted by Crippen LogP contribution is -2.36. The van der Waals surface area contributed by atoms with E-state index in [4.69, 9.17) is 10.7 Å². The van der Waals surface area contributed by atoms with Crippen molar-refractivity contribution in [3.8, 4) is 0 Å². The zero-order chi connectivity index (χ0) is 22.5. The summed E-state index contributed by atoms with van der Waals surface area (Å²) in [5, 5.41) is 0. The fourth-order valence-corrected chi connectivity index (χ4v) is 3.77. The first-order chi connectivity index (χ1) is 15.5. The van der Waals surface area contributed by atoms with Gasteiger partial charge >= 0.3 is 0 Å². The summed E-state index contributed by atoms with van der Waals surface area (Å²) in [6.07, 6.45) is 4.91. The summed E-state index contributed by atoms with van der Waals surface area (Å²) in [7, 11) is 0. The summed E-state index contributed by atoms with van der Waals surface area (Å²) < 4.78 is 0. The number of hydrogen-bond acceptors (Lipinski definition) is 4. The summed E-state index contributed by atoms with van der Waals surface area (Å²) in [5.41, 5.74) is 12.0. The van der Waals surface area contributed by atoms with E-state index in [9.17, 15) is 4.79 Å². The standard InChI is InChI=1S/C26H27N5O/c1-3-21(28-25(18(2)27)26-29-22-11-7-8-12-23(22)30-26)20-13-15-31(16-14-20)24(32)17-19-9-5-4-6-10-19/h3-13H,1,14-17,27H2,2H3,(H,29,30)/b25-18+,28-21?. The predicted molar refractivity (Wildman–Crippen MR) is 130 cm³/mol. The highest BCUT2D eigenvalue weighted by atomic mass is 16.2. The Balaban J connectivity index is 1.53. The second kappa shape index (κ2) is 9.47. The number of nitrogens with two attached hydrogens (primary N) is 1. The summed E-state index contributed by atoms with van der Waals surface area (Å²) in [5.74, 6) is 0.755. The van der Waals surface area contributed by atoms with Crippen LogP contribution in [0.2, 0.25) is 0 Å². The van der Waals surface area contributed by atoms with Gasteiger partial charge < -0.3 is 15.6 Å². The molecule has 2 aromatic carbocycles. The molecule has 3 N–H and O–H groups in total. The maximum absolute atomic E-state index is 12.7. The highest BCUT2D eigenvalue weighted by molar-refractivity contribution is 6.10. The van der Waals surface area contributed by atoms with Crippen molar-refractivity contribution >= 4 is 28.3 Å². The number of fused-ring (bicyclic) bond motifs is 1. The number of aliphatic imine (C=N–C) groups is 1. The number of amides is 1. The first-order valence-corrected chi connectivity index (χ1v) is 10.7. The second-order valence-corrected chi connectivity index (χ2v) is 7.82. The van der Waals surface area contributed by atoms with Crippen LogP contribution >= 0.6 is 0 Å². The van der Waals surface area contributed by atoms with Crippen molar-refractivity contribution in [2.24, 2.45) is 10.7 Å². The number of aromatic nitrogens is 2. The summed E-state index contributed by atoms with van der Waals surface area (Å²) in [6, 6.07) is 17.6. The first-order valence-electron chi connectivity index (χ1n) is 10.7. The molecule has 6 heteroatoms. The van der Waals surface area contributed by atoms with Crippen molar-refractivity contribution < 1.29 is 4.79 Å². The molecule has 0 atom stereocenters. The number of hydrogen-bond donors (Lipinski definition) is 2. The highest BCUT2D eigenvalue weighted by Gasteiger charge is 2.20. The van der Waals surface area contributed by atoms with Gasteiger partial charge in [-0.15, -0.1) is 0 Å². The molecule has 6 nitrogen and oxygen atoms in total. The summed E-state index contributed by atoms with van der Waals surface area (Å²) >= 11 is 0. The van der Waals surface area contributed by atoms with E-state index in [1.807, 2.05) is 66.4 Å². The van der Waals surface area contributed by atoms with E-state index in [1.54, 1.807) is 6.08 Å². The Bertz CT molecular complexity index is 1200. The molecule has 162 valence electrons.